The second kappa shape index (κ2) is 2.46. The zero-order valence-corrected chi connectivity index (χ0v) is 7.67. The molecule has 2 aromatic rings. The maximum absolute atomic E-state index is 5.65. The number of aromatic nitrogens is 3. The van der Waals surface area contributed by atoms with E-state index in [2.05, 4.69) is 26.0 Å². The number of hydrogen-bond donors (Lipinski definition) is 0. The normalized spacial score (nSPS) is 10.7. The maximum Gasteiger partial charge on any atom is 0.156 e. The van der Waals surface area contributed by atoms with Gasteiger partial charge in [-0.25, -0.2) is 9.50 Å². The predicted molar refractivity (Wildman–Crippen MR) is 45.7 cm³/mol. The van der Waals surface area contributed by atoms with Crippen LogP contribution in [0.5, 0.6) is 0 Å². The van der Waals surface area contributed by atoms with Crippen LogP contribution in [0.25, 0.3) is 5.65 Å². The molecule has 0 unspecified atom stereocenters. The average molecular weight is 232 g/mol. The molecule has 0 aliphatic carbocycles. The van der Waals surface area contributed by atoms with Crippen LogP contribution in [0.1, 0.15) is 0 Å². The van der Waals surface area contributed by atoms with Gasteiger partial charge in [0.15, 0.2) is 10.8 Å². The summed E-state index contributed by atoms with van der Waals surface area (Å²) < 4.78 is 2.50. The molecule has 0 saturated carbocycles. The quantitative estimate of drug-likeness (QED) is 0.697. The number of halogens is 2. The van der Waals surface area contributed by atoms with Crippen LogP contribution in [-0.2, 0) is 0 Å². The largest absolute Gasteiger partial charge is 0.236 e. The number of nitrogens with zero attached hydrogens (tertiary/aromatic N) is 3. The van der Waals surface area contributed by atoms with Crippen LogP contribution in [0.15, 0.2) is 22.9 Å². The Labute approximate surface area is 76.1 Å². The minimum Gasteiger partial charge on any atom is -0.236 e. The molecule has 3 nitrogen and oxygen atoms in total. The van der Waals surface area contributed by atoms with E-state index in [0.29, 0.717) is 5.15 Å². The van der Waals surface area contributed by atoms with E-state index < -0.39 is 0 Å². The van der Waals surface area contributed by atoms with Gasteiger partial charge in [-0.05, 0) is 15.9 Å². The van der Waals surface area contributed by atoms with Crippen LogP contribution in [0, 0.1) is 0 Å². The molecule has 0 amide bonds. The highest BCUT2D eigenvalue weighted by Gasteiger charge is 1.98. The molecule has 0 atom stereocenters. The molecule has 0 N–H and O–H groups in total. The molecule has 2 aromatic heterocycles. The van der Waals surface area contributed by atoms with Crippen molar-refractivity contribution in [2.75, 3.05) is 0 Å². The highest BCUT2D eigenvalue weighted by atomic mass is 79.9. The summed E-state index contributed by atoms with van der Waals surface area (Å²) in [6.45, 7) is 0. The molecule has 0 spiro atoms. The molecule has 56 valence electrons. The van der Waals surface area contributed by atoms with Crippen molar-refractivity contribution in [3.8, 4) is 0 Å². The van der Waals surface area contributed by atoms with Gasteiger partial charge in [-0.1, -0.05) is 11.6 Å². The van der Waals surface area contributed by atoms with Crippen molar-refractivity contribution in [1.29, 1.82) is 0 Å². The SMILES string of the molecule is Clc1cc2ncc(Br)cn2n1. The van der Waals surface area contributed by atoms with Gasteiger partial charge in [-0.2, -0.15) is 5.10 Å². The molecule has 0 aromatic carbocycles. The van der Waals surface area contributed by atoms with E-state index in [4.69, 9.17) is 11.6 Å². The molecule has 0 fully saturated rings. The second-order valence-corrected chi connectivity index (χ2v) is 3.34. The zero-order valence-electron chi connectivity index (χ0n) is 5.33. The Balaban J connectivity index is 2.82. The van der Waals surface area contributed by atoms with Crippen molar-refractivity contribution in [2.45, 2.75) is 0 Å². The van der Waals surface area contributed by atoms with Gasteiger partial charge in [0.05, 0.1) is 4.47 Å². The van der Waals surface area contributed by atoms with Gasteiger partial charge in [-0.15, -0.1) is 0 Å². The van der Waals surface area contributed by atoms with Crippen LogP contribution < -0.4 is 0 Å². The molecular weight excluding hydrogens is 229 g/mol. The van der Waals surface area contributed by atoms with E-state index in [1.807, 2.05) is 0 Å². The van der Waals surface area contributed by atoms with Crippen LogP contribution in [0.4, 0.5) is 0 Å². The van der Waals surface area contributed by atoms with E-state index in [1.165, 1.54) is 0 Å². The summed E-state index contributed by atoms with van der Waals surface area (Å²) in [6.07, 6.45) is 3.50. The number of fused-ring (bicyclic) bond motifs is 1. The third-order valence-corrected chi connectivity index (χ3v) is 1.85. The van der Waals surface area contributed by atoms with E-state index in [9.17, 15) is 0 Å². The lowest BCUT2D eigenvalue weighted by Gasteiger charge is -1.90. The van der Waals surface area contributed by atoms with Crippen molar-refractivity contribution in [3.05, 3.63) is 28.1 Å². The van der Waals surface area contributed by atoms with E-state index in [-0.39, 0.29) is 0 Å². The van der Waals surface area contributed by atoms with Crippen molar-refractivity contribution < 1.29 is 0 Å². The van der Waals surface area contributed by atoms with Gasteiger partial charge >= 0.3 is 0 Å². The Morgan fingerprint density at radius 3 is 3.18 bits per heavy atom. The van der Waals surface area contributed by atoms with Gasteiger partial charge in [-0.3, -0.25) is 0 Å². The Hall–Kier alpha value is -0.610. The topological polar surface area (TPSA) is 30.2 Å². The summed E-state index contributed by atoms with van der Waals surface area (Å²) in [7, 11) is 0. The van der Waals surface area contributed by atoms with Crippen LogP contribution >= 0.6 is 27.5 Å². The second-order valence-electron chi connectivity index (χ2n) is 2.04. The molecular formula is C6H3BrClN3. The van der Waals surface area contributed by atoms with E-state index in [0.717, 1.165) is 10.1 Å². The Kier molecular flexibility index (Phi) is 1.58. The summed E-state index contributed by atoms with van der Waals surface area (Å²) in [6, 6.07) is 1.70. The van der Waals surface area contributed by atoms with Gasteiger partial charge in [0.25, 0.3) is 0 Å². The van der Waals surface area contributed by atoms with Crippen molar-refractivity contribution >= 4 is 33.2 Å². The molecule has 0 radical (unpaired) electrons. The Morgan fingerprint density at radius 2 is 2.36 bits per heavy atom. The number of rotatable bonds is 0. The summed E-state index contributed by atoms with van der Waals surface area (Å²) in [4.78, 5) is 4.07. The summed E-state index contributed by atoms with van der Waals surface area (Å²) in [5, 5.41) is 4.42. The molecule has 2 rings (SSSR count). The third-order valence-electron chi connectivity index (χ3n) is 1.25. The lowest BCUT2D eigenvalue weighted by Crippen LogP contribution is -1.87. The zero-order chi connectivity index (χ0) is 7.84. The molecule has 0 bridgehead atoms. The molecule has 0 aliphatic rings. The molecule has 5 heteroatoms. The predicted octanol–water partition coefficient (Wildman–Crippen LogP) is 2.15. The average Bonchev–Trinajstić information content (AvgIpc) is 2.27. The van der Waals surface area contributed by atoms with E-state index >= 15 is 0 Å². The van der Waals surface area contributed by atoms with Crippen molar-refractivity contribution in [1.82, 2.24) is 14.6 Å². The smallest absolute Gasteiger partial charge is 0.156 e. The standard InChI is InChI=1S/C6H3BrClN3/c7-4-2-9-6-1-5(8)10-11(6)3-4/h1-3H. The molecule has 2 heterocycles. The van der Waals surface area contributed by atoms with Gasteiger partial charge < -0.3 is 0 Å². The van der Waals surface area contributed by atoms with Crippen molar-refractivity contribution in [3.63, 3.8) is 0 Å². The minimum absolute atomic E-state index is 0.454. The molecule has 11 heavy (non-hydrogen) atoms. The lowest BCUT2D eigenvalue weighted by atomic mass is 10.6. The first-order valence-electron chi connectivity index (χ1n) is 2.92. The fraction of sp³-hybridized carbons (Fsp3) is 0. The van der Waals surface area contributed by atoms with E-state index in [1.54, 1.807) is 23.0 Å². The van der Waals surface area contributed by atoms with Gasteiger partial charge in [0, 0.05) is 18.5 Å². The highest BCUT2D eigenvalue weighted by molar-refractivity contribution is 9.10. The first-order chi connectivity index (χ1) is 5.25. The molecule has 0 aliphatic heterocycles. The van der Waals surface area contributed by atoms with Crippen LogP contribution in [-0.4, -0.2) is 14.6 Å². The molecule has 0 saturated heterocycles. The van der Waals surface area contributed by atoms with Crippen LogP contribution in [0.2, 0.25) is 5.15 Å². The number of hydrogen-bond acceptors (Lipinski definition) is 2. The van der Waals surface area contributed by atoms with Gasteiger partial charge in [0.2, 0.25) is 0 Å². The maximum atomic E-state index is 5.65. The van der Waals surface area contributed by atoms with Crippen LogP contribution in [0.3, 0.4) is 0 Å². The highest BCUT2D eigenvalue weighted by Crippen LogP contribution is 2.12. The summed E-state index contributed by atoms with van der Waals surface area (Å²) in [5.74, 6) is 0. The van der Waals surface area contributed by atoms with Crippen molar-refractivity contribution in [2.24, 2.45) is 0 Å². The monoisotopic (exact) mass is 231 g/mol. The fourth-order valence-corrected chi connectivity index (χ4v) is 1.30. The first-order valence-corrected chi connectivity index (χ1v) is 4.09. The third kappa shape index (κ3) is 1.23. The first kappa shape index (κ1) is 7.06. The Morgan fingerprint density at radius 1 is 1.55 bits per heavy atom. The fourth-order valence-electron chi connectivity index (χ4n) is 0.825. The minimum atomic E-state index is 0.454. The summed E-state index contributed by atoms with van der Waals surface area (Å²) in [5.41, 5.74) is 0.748. The Bertz CT molecular complexity index is 398. The van der Waals surface area contributed by atoms with Gasteiger partial charge in [0.1, 0.15) is 0 Å². The summed E-state index contributed by atoms with van der Waals surface area (Å²) >= 11 is 8.92. The lowest BCUT2D eigenvalue weighted by molar-refractivity contribution is 0.933.